The van der Waals surface area contributed by atoms with Crippen LogP contribution >= 0.6 is 23.1 Å². The highest BCUT2D eigenvalue weighted by Crippen LogP contribution is 2.38. The summed E-state index contributed by atoms with van der Waals surface area (Å²) >= 11 is 3.07. The standard InChI is InChI=1S/C25H21N3O2S2/c29-24(18-11-5-2-6-12-18)28-14-8-7-13-20(25(28)30)31-22-19-15-21(17-9-3-1-4-10-17)32-23(19)27-16-26-22/h1-6,9-12,15-16,20H,7-8,13-14H2/t20-/m0/s1. The Morgan fingerprint density at radius 3 is 2.53 bits per heavy atom. The van der Waals surface area contributed by atoms with E-state index in [1.807, 2.05) is 36.4 Å². The van der Waals surface area contributed by atoms with Gasteiger partial charge in [0.2, 0.25) is 5.91 Å². The summed E-state index contributed by atoms with van der Waals surface area (Å²) in [4.78, 5) is 38.8. The fourth-order valence-electron chi connectivity index (χ4n) is 3.86. The molecule has 2 aromatic heterocycles. The van der Waals surface area contributed by atoms with E-state index in [0.29, 0.717) is 12.1 Å². The van der Waals surface area contributed by atoms with Gasteiger partial charge in [-0.1, -0.05) is 66.7 Å². The number of hydrogen-bond donors (Lipinski definition) is 0. The summed E-state index contributed by atoms with van der Waals surface area (Å²) in [7, 11) is 0. The maximum atomic E-state index is 13.4. The molecule has 1 aliphatic heterocycles. The highest BCUT2D eigenvalue weighted by Gasteiger charge is 2.33. The molecule has 5 rings (SSSR count). The van der Waals surface area contributed by atoms with Gasteiger partial charge in [0.15, 0.2) is 0 Å². The normalized spacial score (nSPS) is 16.8. The van der Waals surface area contributed by atoms with Crippen LogP contribution in [0.5, 0.6) is 0 Å². The van der Waals surface area contributed by atoms with Crippen LogP contribution < -0.4 is 0 Å². The average molecular weight is 460 g/mol. The van der Waals surface area contributed by atoms with E-state index in [0.717, 1.165) is 44.9 Å². The van der Waals surface area contributed by atoms with Crippen LogP contribution in [0.1, 0.15) is 29.6 Å². The molecule has 1 aliphatic rings. The molecule has 0 spiro atoms. The van der Waals surface area contributed by atoms with Crippen LogP contribution in [0.15, 0.2) is 78.1 Å². The third kappa shape index (κ3) is 4.18. The first kappa shape index (κ1) is 20.8. The summed E-state index contributed by atoms with van der Waals surface area (Å²) in [6.07, 6.45) is 4.00. The number of aromatic nitrogens is 2. The van der Waals surface area contributed by atoms with Crippen molar-refractivity contribution in [3.8, 4) is 10.4 Å². The first-order valence-electron chi connectivity index (χ1n) is 10.6. The third-order valence-corrected chi connectivity index (χ3v) is 7.87. The molecular formula is C25H21N3O2S2. The van der Waals surface area contributed by atoms with Gasteiger partial charge in [0, 0.05) is 22.4 Å². The van der Waals surface area contributed by atoms with Gasteiger partial charge in [-0.3, -0.25) is 14.5 Å². The monoisotopic (exact) mass is 459 g/mol. The van der Waals surface area contributed by atoms with Crippen molar-refractivity contribution in [3.63, 3.8) is 0 Å². The summed E-state index contributed by atoms with van der Waals surface area (Å²) in [6, 6.07) is 21.3. The van der Waals surface area contributed by atoms with Gasteiger partial charge in [0.25, 0.3) is 5.91 Å². The lowest BCUT2D eigenvalue weighted by atomic mass is 10.2. The number of amides is 2. The number of thioether (sulfide) groups is 1. The van der Waals surface area contributed by atoms with E-state index < -0.39 is 0 Å². The highest BCUT2D eigenvalue weighted by molar-refractivity contribution is 8.00. The number of likely N-dealkylation sites (tertiary alicyclic amines) is 1. The summed E-state index contributed by atoms with van der Waals surface area (Å²) in [6.45, 7) is 0.458. The second-order valence-corrected chi connectivity index (χ2v) is 9.86. The smallest absolute Gasteiger partial charge is 0.260 e. The van der Waals surface area contributed by atoms with E-state index in [1.54, 1.807) is 29.8 Å². The SMILES string of the molecule is O=C(c1ccccc1)N1CCCC[C@H](Sc2ncnc3sc(-c4ccccc4)cc23)C1=O. The zero-order valence-electron chi connectivity index (χ0n) is 17.3. The zero-order valence-corrected chi connectivity index (χ0v) is 18.9. The van der Waals surface area contributed by atoms with Crippen molar-refractivity contribution >= 4 is 45.1 Å². The van der Waals surface area contributed by atoms with Crippen molar-refractivity contribution in [2.24, 2.45) is 0 Å². The molecule has 3 heterocycles. The minimum atomic E-state index is -0.344. The van der Waals surface area contributed by atoms with Crippen LogP contribution in [0.2, 0.25) is 0 Å². The molecule has 0 N–H and O–H groups in total. The Kier molecular flexibility index (Phi) is 6.01. The first-order chi connectivity index (χ1) is 15.7. The summed E-state index contributed by atoms with van der Waals surface area (Å²) in [5.74, 6) is -0.357. The van der Waals surface area contributed by atoms with Gasteiger partial charge < -0.3 is 0 Å². The predicted octanol–water partition coefficient (Wildman–Crippen LogP) is 5.67. The van der Waals surface area contributed by atoms with Crippen LogP contribution in [-0.4, -0.2) is 38.5 Å². The molecule has 5 nitrogen and oxygen atoms in total. The Labute approximate surface area is 194 Å². The molecule has 32 heavy (non-hydrogen) atoms. The molecule has 0 unspecified atom stereocenters. The van der Waals surface area contributed by atoms with Crippen LogP contribution in [0.25, 0.3) is 20.7 Å². The summed E-state index contributed by atoms with van der Waals surface area (Å²) in [5.41, 5.74) is 1.68. The number of benzene rings is 2. The first-order valence-corrected chi connectivity index (χ1v) is 12.3. The van der Waals surface area contributed by atoms with Crippen molar-refractivity contribution in [1.29, 1.82) is 0 Å². The van der Waals surface area contributed by atoms with Gasteiger partial charge in [-0.05, 0) is 36.6 Å². The topological polar surface area (TPSA) is 63.2 Å². The molecule has 2 amide bonds. The molecule has 0 saturated carbocycles. The largest absolute Gasteiger partial charge is 0.278 e. The average Bonchev–Trinajstić information content (AvgIpc) is 3.21. The Balaban J connectivity index is 1.43. The molecule has 1 saturated heterocycles. The summed E-state index contributed by atoms with van der Waals surface area (Å²) < 4.78 is 0. The number of nitrogens with zero attached hydrogens (tertiary/aromatic N) is 3. The van der Waals surface area contributed by atoms with Crippen molar-refractivity contribution in [2.75, 3.05) is 6.54 Å². The Morgan fingerprint density at radius 2 is 1.75 bits per heavy atom. The van der Waals surface area contributed by atoms with E-state index >= 15 is 0 Å². The van der Waals surface area contributed by atoms with Crippen LogP contribution in [-0.2, 0) is 4.79 Å². The van der Waals surface area contributed by atoms with Gasteiger partial charge in [0.05, 0.1) is 5.25 Å². The number of fused-ring (bicyclic) bond motifs is 1. The molecule has 1 fully saturated rings. The van der Waals surface area contributed by atoms with E-state index in [9.17, 15) is 9.59 Å². The van der Waals surface area contributed by atoms with Crippen molar-refractivity contribution in [2.45, 2.75) is 29.5 Å². The van der Waals surface area contributed by atoms with Gasteiger partial charge in [-0.15, -0.1) is 11.3 Å². The van der Waals surface area contributed by atoms with Gasteiger partial charge in [-0.25, -0.2) is 9.97 Å². The molecule has 160 valence electrons. The fraction of sp³-hybridized carbons (Fsp3) is 0.200. The van der Waals surface area contributed by atoms with E-state index in [1.165, 1.54) is 16.7 Å². The highest BCUT2D eigenvalue weighted by atomic mass is 32.2. The van der Waals surface area contributed by atoms with Gasteiger partial charge >= 0.3 is 0 Å². The molecule has 1 atom stereocenters. The minimum absolute atomic E-state index is 0.133. The lowest BCUT2D eigenvalue weighted by molar-refractivity contribution is -0.127. The summed E-state index contributed by atoms with van der Waals surface area (Å²) in [5, 5.41) is 1.41. The van der Waals surface area contributed by atoms with Crippen LogP contribution in [0.3, 0.4) is 0 Å². The molecule has 0 bridgehead atoms. The fourth-order valence-corrected chi connectivity index (χ4v) is 6.10. The number of carbonyl (C=O) groups excluding carboxylic acids is 2. The lowest BCUT2D eigenvalue weighted by Crippen LogP contribution is -2.41. The van der Waals surface area contributed by atoms with Crippen molar-refractivity contribution in [3.05, 3.63) is 78.6 Å². The molecule has 4 aromatic rings. The van der Waals surface area contributed by atoms with E-state index in [-0.39, 0.29) is 17.1 Å². The van der Waals surface area contributed by atoms with Crippen LogP contribution in [0, 0.1) is 0 Å². The number of imide groups is 1. The predicted molar refractivity (Wildman–Crippen MR) is 129 cm³/mol. The van der Waals surface area contributed by atoms with E-state index in [4.69, 9.17) is 0 Å². The van der Waals surface area contributed by atoms with E-state index in [2.05, 4.69) is 28.2 Å². The Bertz CT molecular complexity index is 1260. The second-order valence-electron chi connectivity index (χ2n) is 7.64. The maximum absolute atomic E-state index is 13.4. The molecule has 7 heteroatoms. The van der Waals surface area contributed by atoms with Crippen LogP contribution in [0.4, 0.5) is 0 Å². The van der Waals surface area contributed by atoms with Crippen molar-refractivity contribution in [1.82, 2.24) is 14.9 Å². The number of thiophene rings is 1. The zero-order chi connectivity index (χ0) is 21.9. The second kappa shape index (κ2) is 9.22. The van der Waals surface area contributed by atoms with Crippen molar-refractivity contribution < 1.29 is 9.59 Å². The Hall–Kier alpha value is -3.03. The number of rotatable bonds is 4. The third-order valence-electron chi connectivity index (χ3n) is 5.51. The molecule has 0 radical (unpaired) electrons. The maximum Gasteiger partial charge on any atom is 0.260 e. The Morgan fingerprint density at radius 1 is 1.00 bits per heavy atom. The molecular weight excluding hydrogens is 438 g/mol. The number of hydrogen-bond acceptors (Lipinski definition) is 6. The minimum Gasteiger partial charge on any atom is -0.278 e. The van der Waals surface area contributed by atoms with Gasteiger partial charge in [0.1, 0.15) is 16.2 Å². The molecule has 2 aromatic carbocycles. The quantitative estimate of drug-likeness (QED) is 0.291. The molecule has 0 aliphatic carbocycles. The van der Waals surface area contributed by atoms with Gasteiger partial charge in [-0.2, -0.15) is 0 Å². The number of carbonyl (C=O) groups is 2. The lowest BCUT2D eigenvalue weighted by Gasteiger charge is -2.22.